The van der Waals surface area contributed by atoms with Gasteiger partial charge in [0.15, 0.2) is 8.07 Å². The first-order valence-electron chi connectivity index (χ1n) is 25.9. The van der Waals surface area contributed by atoms with Crippen molar-refractivity contribution in [3.05, 3.63) is 148 Å². The molecule has 7 aromatic rings. The average Bonchev–Trinajstić information content (AvgIpc) is 3.54. The van der Waals surface area contributed by atoms with Gasteiger partial charge in [-0.05, 0) is 181 Å². The quantitative estimate of drug-likeness (QED) is 0.0655. The molecule has 2 heterocycles. The highest BCUT2D eigenvalue weighted by atomic mass is 32.1. The van der Waals surface area contributed by atoms with E-state index in [1.54, 1.807) is 20.1 Å². The van der Waals surface area contributed by atoms with Gasteiger partial charge in [0, 0.05) is 16.3 Å². The molecule has 7 rings (SSSR count). The molecular weight excluding hydrogens is 843 g/mol. The van der Waals surface area contributed by atoms with Gasteiger partial charge in [-0.2, -0.15) is 0 Å². The number of hydrogen-bond acceptors (Lipinski definition) is 2. The Balaban J connectivity index is 1.72. The molecular formula is C64H83NSSi. The number of pyridine rings is 1. The molecule has 0 bridgehead atoms. The smallest absolute Gasteiger partial charge is 0.191 e. The highest BCUT2D eigenvalue weighted by molar-refractivity contribution is 7.40. The van der Waals surface area contributed by atoms with Crippen LogP contribution in [0.4, 0.5) is 0 Å². The fraction of sp³-hybridized carbons (Fsp3) is 0.453. The van der Waals surface area contributed by atoms with E-state index < -0.39 is 8.07 Å². The summed E-state index contributed by atoms with van der Waals surface area (Å²) >= 11 is 2.07. The van der Waals surface area contributed by atoms with E-state index in [1.165, 1.54) is 70.9 Å². The Kier molecular flexibility index (Phi) is 15.6. The van der Waals surface area contributed by atoms with Crippen LogP contribution in [0.15, 0.2) is 103 Å². The summed E-state index contributed by atoms with van der Waals surface area (Å²) in [6.45, 7) is 38.2. The van der Waals surface area contributed by atoms with E-state index >= 15 is 0 Å². The number of hydrogen-bond donors (Lipinski definition) is 0. The van der Waals surface area contributed by atoms with Crippen molar-refractivity contribution in [1.82, 2.24) is 4.98 Å². The van der Waals surface area contributed by atoms with Crippen molar-refractivity contribution in [3.8, 4) is 11.3 Å². The van der Waals surface area contributed by atoms with Crippen LogP contribution in [0.25, 0.3) is 32.1 Å². The molecule has 67 heavy (non-hydrogen) atoms. The second kappa shape index (κ2) is 20.7. The molecule has 5 aromatic carbocycles. The lowest BCUT2D eigenvalue weighted by molar-refractivity contribution is 0.596. The van der Waals surface area contributed by atoms with Crippen molar-refractivity contribution in [2.45, 2.75) is 155 Å². The molecule has 0 radical (unpaired) electrons. The second-order valence-corrected chi connectivity index (χ2v) is 29.2. The van der Waals surface area contributed by atoms with E-state index in [9.17, 15) is 0 Å². The molecule has 1 nitrogen and oxygen atoms in total. The van der Waals surface area contributed by atoms with Gasteiger partial charge in [0.25, 0.3) is 0 Å². The molecule has 0 N–H and O–H groups in total. The third kappa shape index (κ3) is 11.4. The molecule has 2 aromatic heterocycles. The molecule has 354 valence electrons. The maximum Gasteiger partial charge on any atom is 0.191 e. The van der Waals surface area contributed by atoms with Crippen molar-refractivity contribution in [2.75, 3.05) is 0 Å². The summed E-state index contributed by atoms with van der Waals surface area (Å²) in [5, 5.41) is 8.58. The lowest BCUT2D eigenvalue weighted by atomic mass is 9.82. The van der Waals surface area contributed by atoms with Crippen molar-refractivity contribution in [3.63, 3.8) is 0 Å². The van der Waals surface area contributed by atoms with Crippen LogP contribution in [-0.2, 0) is 43.9 Å². The SMILES string of the molecule is Cc1c([Si](c2cc(CC(C)C)cc(CC(C)C)c2)(c2cc(CC(C)C)cc(CC(C)C)c2)c2cc(CC(C)C)cc(CC(C)C)c2)sc2c(-c3cc(C(C)(C)C)c4ccccc4c3)nccc12. The Bertz CT molecular complexity index is 2580. The van der Waals surface area contributed by atoms with Crippen LogP contribution in [0.1, 0.15) is 148 Å². The molecule has 0 amide bonds. The Labute approximate surface area is 412 Å². The largest absolute Gasteiger partial charge is 0.255 e. The van der Waals surface area contributed by atoms with Crippen LogP contribution in [0.2, 0.25) is 0 Å². The predicted molar refractivity (Wildman–Crippen MR) is 301 cm³/mol. The monoisotopic (exact) mass is 926 g/mol. The summed E-state index contributed by atoms with van der Waals surface area (Å²) in [6, 6.07) is 40.0. The fourth-order valence-corrected chi connectivity index (χ4v) is 19.1. The van der Waals surface area contributed by atoms with Crippen LogP contribution in [0.3, 0.4) is 0 Å². The zero-order valence-electron chi connectivity index (χ0n) is 44.4. The standard InChI is InChI=1S/C64H83NSSi/c1-40(2)23-47-29-48(24-41(3)4)33-55(32-47)67(56-34-49(25-42(5)6)30-50(35-56)26-43(7)8,57-36-51(27-44(9)10)31-52(37-57)28-45(11)12)63-46(13)58-21-22-65-61(62(58)66-63)54-38-53-19-17-18-20-59(53)60(39-54)64(14,15)16/h17-22,29-45H,23-28H2,1-16H3. The van der Waals surface area contributed by atoms with Crippen LogP contribution in [0.5, 0.6) is 0 Å². The Morgan fingerprint density at radius 2 is 0.866 bits per heavy atom. The Morgan fingerprint density at radius 3 is 1.24 bits per heavy atom. The average molecular weight is 927 g/mol. The van der Waals surface area contributed by atoms with E-state index in [-0.39, 0.29) is 5.41 Å². The van der Waals surface area contributed by atoms with Gasteiger partial charge >= 0.3 is 0 Å². The molecule has 0 atom stereocenters. The van der Waals surface area contributed by atoms with E-state index in [1.807, 2.05) is 0 Å². The van der Waals surface area contributed by atoms with Gasteiger partial charge < -0.3 is 0 Å². The summed E-state index contributed by atoms with van der Waals surface area (Å²) in [5.41, 5.74) is 14.0. The van der Waals surface area contributed by atoms with Crippen LogP contribution in [-0.4, -0.2) is 13.1 Å². The number of aryl methyl sites for hydroxylation is 1. The Hall–Kier alpha value is -4.31. The van der Waals surface area contributed by atoms with Crippen molar-refractivity contribution >= 4 is 60.3 Å². The highest BCUT2D eigenvalue weighted by Gasteiger charge is 2.46. The number of rotatable bonds is 17. The summed E-state index contributed by atoms with van der Waals surface area (Å²) in [5.74, 6) is 3.32. The van der Waals surface area contributed by atoms with E-state index in [4.69, 9.17) is 4.98 Å². The lowest BCUT2D eigenvalue weighted by Crippen LogP contribution is -2.75. The molecule has 0 aliphatic rings. The summed E-state index contributed by atoms with van der Waals surface area (Å²) in [4.78, 5) is 5.37. The van der Waals surface area contributed by atoms with Crippen molar-refractivity contribution in [2.24, 2.45) is 35.5 Å². The minimum atomic E-state index is -3.14. The van der Waals surface area contributed by atoms with Gasteiger partial charge in [0.2, 0.25) is 0 Å². The molecule has 0 fully saturated rings. The highest BCUT2D eigenvalue weighted by Crippen LogP contribution is 2.39. The molecule has 0 saturated heterocycles. The number of benzene rings is 5. The zero-order valence-corrected chi connectivity index (χ0v) is 46.2. The number of aromatic nitrogens is 1. The molecule has 0 saturated carbocycles. The van der Waals surface area contributed by atoms with Gasteiger partial charge in [-0.15, -0.1) is 11.3 Å². The van der Waals surface area contributed by atoms with Gasteiger partial charge in [-0.1, -0.05) is 183 Å². The first-order valence-corrected chi connectivity index (χ1v) is 28.8. The third-order valence-corrected chi connectivity index (χ3v) is 20.3. The molecule has 0 aliphatic carbocycles. The zero-order chi connectivity index (χ0) is 48.5. The summed E-state index contributed by atoms with van der Waals surface area (Å²) in [6.07, 6.45) is 8.50. The minimum Gasteiger partial charge on any atom is -0.255 e. The van der Waals surface area contributed by atoms with Crippen LogP contribution < -0.4 is 20.1 Å². The normalized spacial score (nSPS) is 12.7. The summed E-state index contributed by atoms with van der Waals surface area (Å²) < 4.78 is 2.87. The molecule has 0 spiro atoms. The van der Waals surface area contributed by atoms with E-state index in [2.05, 4.69) is 225 Å². The third-order valence-electron chi connectivity index (χ3n) is 13.5. The number of nitrogens with zero attached hydrogens (tertiary/aromatic N) is 1. The number of fused-ring (bicyclic) bond motifs is 2. The van der Waals surface area contributed by atoms with Gasteiger partial charge in [-0.3, -0.25) is 4.98 Å². The lowest BCUT2D eigenvalue weighted by Gasteiger charge is -2.36. The first-order chi connectivity index (χ1) is 31.6. The maximum atomic E-state index is 5.37. The van der Waals surface area contributed by atoms with Crippen LogP contribution in [0, 0.1) is 42.4 Å². The number of thiophene rings is 1. The molecule has 0 aliphatic heterocycles. The summed E-state index contributed by atoms with van der Waals surface area (Å²) in [7, 11) is -3.14. The predicted octanol–water partition coefficient (Wildman–Crippen LogP) is 15.3. The topological polar surface area (TPSA) is 12.9 Å². The minimum absolute atomic E-state index is 0.0276. The van der Waals surface area contributed by atoms with E-state index in [0.29, 0.717) is 35.5 Å². The van der Waals surface area contributed by atoms with Crippen LogP contribution >= 0.6 is 11.3 Å². The first kappa shape index (κ1) is 50.6. The fourth-order valence-electron chi connectivity index (χ4n) is 11.1. The van der Waals surface area contributed by atoms with Gasteiger partial charge in [0.05, 0.1) is 10.4 Å². The van der Waals surface area contributed by atoms with Crippen molar-refractivity contribution in [1.29, 1.82) is 0 Å². The van der Waals surface area contributed by atoms with Crippen molar-refractivity contribution < 1.29 is 0 Å². The van der Waals surface area contributed by atoms with Gasteiger partial charge in [-0.25, -0.2) is 0 Å². The second-order valence-electron chi connectivity index (χ2n) is 24.0. The van der Waals surface area contributed by atoms with Gasteiger partial charge in [0.1, 0.15) is 0 Å². The molecule has 3 heteroatoms. The molecule has 0 unspecified atom stereocenters. The van der Waals surface area contributed by atoms with E-state index in [0.717, 1.165) is 44.2 Å². The maximum absolute atomic E-state index is 5.37. The Morgan fingerprint density at radius 1 is 0.478 bits per heavy atom.